The summed E-state index contributed by atoms with van der Waals surface area (Å²) in [6, 6.07) is 9.02. The maximum atomic E-state index is 12.4. The lowest BCUT2D eigenvalue weighted by Gasteiger charge is -2.30. The van der Waals surface area contributed by atoms with Crippen molar-refractivity contribution in [1.29, 1.82) is 0 Å². The molecule has 1 aromatic carbocycles. The Kier molecular flexibility index (Phi) is 4.46. The van der Waals surface area contributed by atoms with Gasteiger partial charge in [0.15, 0.2) is 11.3 Å². The quantitative estimate of drug-likeness (QED) is 0.749. The molecule has 2 aromatic heterocycles. The third-order valence-corrected chi connectivity index (χ3v) is 5.83. The topological polar surface area (TPSA) is 89.1 Å². The molecule has 2 aliphatic rings. The van der Waals surface area contributed by atoms with Gasteiger partial charge in [-0.2, -0.15) is 4.98 Å². The molecule has 1 saturated heterocycles. The number of oxazole rings is 1. The van der Waals surface area contributed by atoms with Crippen LogP contribution < -0.4 is 10.2 Å². The second-order valence-electron chi connectivity index (χ2n) is 7.72. The number of hydrogen-bond acceptors (Lipinski definition) is 6. The molecule has 1 amide bonds. The van der Waals surface area contributed by atoms with Gasteiger partial charge in [-0.15, -0.1) is 5.10 Å². The van der Waals surface area contributed by atoms with Crippen LogP contribution in [0.25, 0.3) is 11.1 Å². The molecule has 1 N–H and O–H groups in total. The smallest absolute Gasteiger partial charge is 0.298 e. The van der Waals surface area contributed by atoms with E-state index in [0.29, 0.717) is 11.7 Å². The van der Waals surface area contributed by atoms with E-state index in [1.54, 1.807) is 6.20 Å². The predicted molar refractivity (Wildman–Crippen MR) is 104 cm³/mol. The monoisotopic (exact) mass is 380 g/mol. The Morgan fingerprint density at radius 3 is 2.68 bits per heavy atom. The van der Waals surface area contributed by atoms with E-state index in [-0.39, 0.29) is 18.0 Å². The number of aromatic nitrogens is 4. The first-order valence-corrected chi connectivity index (χ1v) is 10.1. The molecule has 0 bridgehead atoms. The Hall–Kier alpha value is -2.90. The molecule has 5 rings (SSSR count). The highest BCUT2D eigenvalue weighted by atomic mass is 16.4. The van der Waals surface area contributed by atoms with Crippen LogP contribution in [-0.2, 0) is 0 Å². The molecule has 0 atom stereocenters. The van der Waals surface area contributed by atoms with Gasteiger partial charge in [-0.25, -0.2) is 4.68 Å². The molecule has 2 fully saturated rings. The molecule has 1 aliphatic carbocycles. The molecule has 0 radical (unpaired) electrons. The second-order valence-corrected chi connectivity index (χ2v) is 7.72. The van der Waals surface area contributed by atoms with E-state index in [1.165, 1.54) is 12.8 Å². The highest BCUT2D eigenvalue weighted by molar-refractivity contribution is 5.92. The van der Waals surface area contributed by atoms with Crippen molar-refractivity contribution in [2.75, 3.05) is 18.0 Å². The molecule has 8 nitrogen and oxygen atoms in total. The van der Waals surface area contributed by atoms with E-state index in [9.17, 15) is 4.79 Å². The van der Waals surface area contributed by atoms with Crippen molar-refractivity contribution in [1.82, 2.24) is 25.3 Å². The minimum Gasteiger partial charge on any atom is -0.423 e. The van der Waals surface area contributed by atoms with Crippen molar-refractivity contribution in [3.05, 3.63) is 36.2 Å². The highest BCUT2D eigenvalue weighted by Gasteiger charge is 2.26. The first-order valence-electron chi connectivity index (χ1n) is 10.1. The van der Waals surface area contributed by atoms with Gasteiger partial charge in [0, 0.05) is 19.1 Å². The summed E-state index contributed by atoms with van der Waals surface area (Å²) in [6.45, 7) is 1.67. The molecular weight excluding hydrogens is 356 g/mol. The minimum absolute atomic E-state index is 0.109. The van der Waals surface area contributed by atoms with Crippen LogP contribution in [0.3, 0.4) is 0 Å². The Morgan fingerprint density at radius 1 is 1.11 bits per heavy atom. The number of rotatable bonds is 4. The largest absolute Gasteiger partial charge is 0.423 e. The number of hydrogen-bond donors (Lipinski definition) is 1. The van der Waals surface area contributed by atoms with Crippen LogP contribution in [0.5, 0.6) is 0 Å². The number of anilines is 1. The van der Waals surface area contributed by atoms with Gasteiger partial charge in [-0.3, -0.25) is 4.79 Å². The number of carbonyl (C=O) groups is 1. The van der Waals surface area contributed by atoms with Crippen LogP contribution in [0.15, 0.2) is 34.9 Å². The summed E-state index contributed by atoms with van der Waals surface area (Å²) in [4.78, 5) is 19.1. The summed E-state index contributed by atoms with van der Waals surface area (Å²) in [5.41, 5.74) is 2.11. The van der Waals surface area contributed by atoms with Gasteiger partial charge in [0.1, 0.15) is 5.52 Å². The Labute approximate surface area is 162 Å². The molecule has 3 aromatic rings. The maximum absolute atomic E-state index is 12.4. The fourth-order valence-corrected chi connectivity index (χ4v) is 4.21. The normalized spacial score (nSPS) is 18.8. The van der Waals surface area contributed by atoms with Crippen molar-refractivity contribution in [3.63, 3.8) is 0 Å². The van der Waals surface area contributed by atoms with Gasteiger partial charge in [-0.05, 0) is 37.8 Å². The third-order valence-electron chi connectivity index (χ3n) is 5.83. The maximum Gasteiger partial charge on any atom is 0.298 e. The van der Waals surface area contributed by atoms with Crippen LogP contribution in [-0.4, -0.2) is 45.0 Å². The van der Waals surface area contributed by atoms with E-state index >= 15 is 0 Å². The SMILES string of the molecule is O=C(NC1CCCC1)c1cn(C2CCN(c3nc4ccccc4o3)CC2)nn1. The van der Waals surface area contributed by atoms with Crippen molar-refractivity contribution in [2.45, 2.75) is 50.6 Å². The molecular formula is C20H24N6O2. The average Bonchev–Trinajstić information content (AvgIpc) is 3.48. The number of benzene rings is 1. The molecule has 0 unspecified atom stereocenters. The summed E-state index contributed by atoms with van der Waals surface area (Å²) >= 11 is 0. The molecule has 8 heteroatoms. The van der Waals surface area contributed by atoms with Gasteiger partial charge in [-0.1, -0.05) is 30.2 Å². The zero-order valence-corrected chi connectivity index (χ0v) is 15.8. The summed E-state index contributed by atoms with van der Waals surface area (Å²) in [5, 5.41) is 11.4. The summed E-state index contributed by atoms with van der Waals surface area (Å²) in [7, 11) is 0. The van der Waals surface area contributed by atoms with Crippen molar-refractivity contribution in [2.24, 2.45) is 0 Å². The van der Waals surface area contributed by atoms with E-state index in [0.717, 1.165) is 49.9 Å². The number of carbonyl (C=O) groups excluding carboxylic acids is 1. The van der Waals surface area contributed by atoms with Gasteiger partial charge in [0.2, 0.25) is 0 Å². The van der Waals surface area contributed by atoms with Crippen molar-refractivity contribution >= 4 is 23.0 Å². The summed E-state index contributed by atoms with van der Waals surface area (Å²) < 4.78 is 7.71. The molecule has 1 aliphatic heterocycles. The number of piperidine rings is 1. The van der Waals surface area contributed by atoms with E-state index in [4.69, 9.17) is 4.42 Å². The van der Waals surface area contributed by atoms with Gasteiger partial charge >= 0.3 is 0 Å². The number of fused-ring (bicyclic) bond motifs is 1. The zero-order valence-electron chi connectivity index (χ0n) is 15.8. The van der Waals surface area contributed by atoms with Gasteiger partial charge in [0.05, 0.1) is 12.2 Å². The lowest BCUT2D eigenvalue weighted by molar-refractivity contribution is 0.0932. The van der Waals surface area contributed by atoms with E-state index in [2.05, 4.69) is 25.5 Å². The van der Waals surface area contributed by atoms with Crippen molar-refractivity contribution < 1.29 is 9.21 Å². The number of nitrogens with zero attached hydrogens (tertiary/aromatic N) is 5. The van der Waals surface area contributed by atoms with Crippen LogP contribution in [0.2, 0.25) is 0 Å². The first kappa shape index (κ1) is 17.2. The molecule has 3 heterocycles. The standard InChI is InChI=1S/C20H24N6O2/c27-19(21-14-5-1-2-6-14)17-13-26(24-23-17)15-9-11-25(12-10-15)20-22-16-7-3-4-8-18(16)28-20/h3-4,7-8,13-15H,1-2,5-6,9-12H2,(H,21,27). The van der Waals surface area contributed by atoms with Crippen molar-refractivity contribution in [3.8, 4) is 0 Å². The zero-order chi connectivity index (χ0) is 18.9. The minimum atomic E-state index is -0.109. The van der Waals surface area contributed by atoms with Gasteiger partial charge in [0.25, 0.3) is 11.9 Å². The summed E-state index contributed by atoms with van der Waals surface area (Å²) in [5.74, 6) is -0.109. The first-order chi connectivity index (χ1) is 13.8. The lowest BCUT2D eigenvalue weighted by Crippen LogP contribution is -2.35. The molecule has 1 saturated carbocycles. The molecule has 28 heavy (non-hydrogen) atoms. The van der Waals surface area contributed by atoms with Crippen LogP contribution in [0.1, 0.15) is 55.1 Å². The third kappa shape index (κ3) is 3.34. The second kappa shape index (κ2) is 7.26. The average molecular weight is 380 g/mol. The van der Waals surface area contributed by atoms with E-state index in [1.807, 2.05) is 28.9 Å². The predicted octanol–water partition coefficient (Wildman–Crippen LogP) is 2.93. The fraction of sp³-hybridized carbons (Fsp3) is 0.500. The van der Waals surface area contributed by atoms with Crippen LogP contribution >= 0.6 is 0 Å². The number of para-hydroxylation sites is 2. The summed E-state index contributed by atoms with van der Waals surface area (Å²) in [6.07, 6.45) is 8.11. The Morgan fingerprint density at radius 2 is 1.89 bits per heavy atom. The number of amides is 1. The van der Waals surface area contributed by atoms with Crippen LogP contribution in [0, 0.1) is 0 Å². The Balaban J connectivity index is 1.21. The van der Waals surface area contributed by atoms with Crippen LogP contribution in [0.4, 0.5) is 6.01 Å². The van der Waals surface area contributed by atoms with E-state index < -0.39 is 0 Å². The fourth-order valence-electron chi connectivity index (χ4n) is 4.21. The highest BCUT2D eigenvalue weighted by Crippen LogP contribution is 2.28. The lowest BCUT2D eigenvalue weighted by atomic mass is 10.1. The molecule has 0 spiro atoms. The molecule has 146 valence electrons. The Bertz CT molecular complexity index is 933. The van der Waals surface area contributed by atoms with Gasteiger partial charge < -0.3 is 14.6 Å². The number of nitrogens with one attached hydrogen (secondary N) is 1.